The van der Waals surface area contributed by atoms with Gasteiger partial charge in [-0.15, -0.1) is 0 Å². The Morgan fingerprint density at radius 2 is 2.00 bits per heavy atom. The van der Waals surface area contributed by atoms with Gasteiger partial charge in [0.1, 0.15) is 5.75 Å². The Hall–Kier alpha value is -0.540. The molecule has 1 N–H and O–H groups in total. The molecule has 0 radical (unpaired) electrons. The fourth-order valence-electron chi connectivity index (χ4n) is 2.55. The summed E-state index contributed by atoms with van der Waals surface area (Å²) in [7, 11) is 1.75. The quantitative estimate of drug-likeness (QED) is 0.608. The van der Waals surface area contributed by atoms with Crippen LogP contribution < -0.4 is 10.1 Å². The van der Waals surface area contributed by atoms with Crippen molar-refractivity contribution in [2.75, 3.05) is 13.7 Å². The molecule has 20 heavy (non-hydrogen) atoms. The van der Waals surface area contributed by atoms with Gasteiger partial charge in [-0.2, -0.15) is 0 Å². The average Bonchev–Trinajstić information content (AvgIpc) is 2.44. The topological polar surface area (TPSA) is 21.3 Å². The van der Waals surface area contributed by atoms with Crippen molar-refractivity contribution in [3.63, 3.8) is 0 Å². The maximum Gasteiger partial charge on any atom is 0.122 e. The van der Waals surface area contributed by atoms with Crippen LogP contribution in [0.15, 0.2) is 22.7 Å². The summed E-state index contributed by atoms with van der Waals surface area (Å²) in [6.45, 7) is 5.46. The van der Waals surface area contributed by atoms with E-state index in [2.05, 4.69) is 41.2 Å². The van der Waals surface area contributed by atoms with E-state index < -0.39 is 0 Å². The molecule has 2 nitrogen and oxygen atoms in total. The molecule has 1 unspecified atom stereocenters. The second-order valence-corrected chi connectivity index (χ2v) is 6.18. The van der Waals surface area contributed by atoms with E-state index in [4.69, 9.17) is 4.74 Å². The summed E-state index contributed by atoms with van der Waals surface area (Å²) in [6, 6.07) is 6.79. The van der Waals surface area contributed by atoms with Crippen LogP contribution >= 0.6 is 15.9 Å². The first-order chi connectivity index (χ1) is 9.71. The molecule has 1 aromatic carbocycles. The summed E-state index contributed by atoms with van der Waals surface area (Å²) in [5, 5.41) is 3.61. The number of likely N-dealkylation sites (N-methyl/N-ethyl adjacent to an activating group) is 1. The zero-order valence-electron chi connectivity index (χ0n) is 13.0. The first-order valence-electron chi connectivity index (χ1n) is 7.77. The summed E-state index contributed by atoms with van der Waals surface area (Å²) in [5.74, 6) is 0.990. The van der Waals surface area contributed by atoms with Gasteiger partial charge >= 0.3 is 0 Å². The normalized spacial score (nSPS) is 12.4. The van der Waals surface area contributed by atoms with E-state index in [-0.39, 0.29) is 0 Å². The summed E-state index contributed by atoms with van der Waals surface area (Å²) >= 11 is 3.55. The van der Waals surface area contributed by atoms with Gasteiger partial charge in [0.15, 0.2) is 0 Å². The SMILES string of the molecule is CCCCCCC(Cc1cc(Br)ccc1OC)NCC. The van der Waals surface area contributed by atoms with Crippen LogP contribution in [0.25, 0.3) is 0 Å². The van der Waals surface area contributed by atoms with E-state index in [9.17, 15) is 0 Å². The zero-order chi connectivity index (χ0) is 14.8. The van der Waals surface area contributed by atoms with Crippen LogP contribution in [-0.2, 0) is 6.42 Å². The first kappa shape index (κ1) is 17.5. The van der Waals surface area contributed by atoms with E-state index in [0.717, 1.165) is 23.2 Å². The molecule has 1 atom stereocenters. The van der Waals surface area contributed by atoms with E-state index in [1.165, 1.54) is 37.7 Å². The van der Waals surface area contributed by atoms with Gasteiger partial charge in [0, 0.05) is 10.5 Å². The summed E-state index contributed by atoms with van der Waals surface area (Å²) in [6.07, 6.45) is 7.56. The Morgan fingerprint density at radius 1 is 1.20 bits per heavy atom. The summed E-state index contributed by atoms with van der Waals surface area (Å²) in [4.78, 5) is 0. The monoisotopic (exact) mass is 341 g/mol. The van der Waals surface area contributed by atoms with Crippen molar-refractivity contribution in [1.82, 2.24) is 5.32 Å². The van der Waals surface area contributed by atoms with Crippen molar-refractivity contribution in [1.29, 1.82) is 0 Å². The smallest absolute Gasteiger partial charge is 0.122 e. The van der Waals surface area contributed by atoms with Crippen LogP contribution in [0.1, 0.15) is 51.5 Å². The van der Waals surface area contributed by atoms with Gasteiger partial charge in [0.25, 0.3) is 0 Å². The van der Waals surface area contributed by atoms with E-state index in [1.807, 2.05) is 12.1 Å². The number of unbranched alkanes of at least 4 members (excludes halogenated alkanes) is 3. The molecule has 0 spiro atoms. The Bertz CT molecular complexity index is 381. The van der Waals surface area contributed by atoms with E-state index in [1.54, 1.807) is 7.11 Å². The van der Waals surface area contributed by atoms with Crippen LogP contribution in [0.4, 0.5) is 0 Å². The van der Waals surface area contributed by atoms with Crippen LogP contribution in [0, 0.1) is 0 Å². The number of benzene rings is 1. The molecule has 0 aliphatic heterocycles. The lowest BCUT2D eigenvalue weighted by Gasteiger charge is -2.19. The third-order valence-corrected chi connectivity index (χ3v) is 4.10. The predicted octanol–water partition coefficient (Wildman–Crippen LogP) is 4.95. The van der Waals surface area contributed by atoms with Gasteiger partial charge in [-0.3, -0.25) is 0 Å². The molecular formula is C17H28BrNO. The minimum Gasteiger partial charge on any atom is -0.496 e. The van der Waals surface area contributed by atoms with Gasteiger partial charge < -0.3 is 10.1 Å². The third-order valence-electron chi connectivity index (χ3n) is 3.61. The van der Waals surface area contributed by atoms with Gasteiger partial charge in [-0.25, -0.2) is 0 Å². The number of hydrogen-bond acceptors (Lipinski definition) is 2. The summed E-state index contributed by atoms with van der Waals surface area (Å²) in [5.41, 5.74) is 1.28. The molecule has 0 saturated carbocycles. The molecule has 0 heterocycles. The number of methoxy groups -OCH3 is 1. The molecule has 0 aliphatic rings. The Kier molecular flexibility index (Phi) is 8.95. The molecule has 0 aliphatic carbocycles. The number of nitrogens with one attached hydrogen (secondary N) is 1. The molecule has 1 aromatic rings. The molecule has 0 bridgehead atoms. The van der Waals surface area contributed by atoms with Crippen molar-refractivity contribution in [3.8, 4) is 5.75 Å². The van der Waals surface area contributed by atoms with Gasteiger partial charge in [0.05, 0.1) is 7.11 Å². The van der Waals surface area contributed by atoms with Gasteiger partial charge in [-0.05, 0) is 43.1 Å². The highest BCUT2D eigenvalue weighted by molar-refractivity contribution is 9.10. The Balaban J connectivity index is 2.61. The fraction of sp³-hybridized carbons (Fsp3) is 0.647. The van der Waals surface area contributed by atoms with Crippen molar-refractivity contribution >= 4 is 15.9 Å². The maximum atomic E-state index is 5.47. The van der Waals surface area contributed by atoms with Gasteiger partial charge in [0.2, 0.25) is 0 Å². The highest BCUT2D eigenvalue weighted by Gasteiger charge is 2.12. The lowest BCUT2D eigenvalue weighted by Crippen LogP contribution is -2.31. The molecule has 0 fully saturated rings. The molecule has 114 valence electrons. The van der Waals surface area contributed by atoms with Crippen LogP contribution in [-0.4, -0.2) is 19.7 Å². The number of rotatable bonds is 10. The second kappa shape index (κ2) is 10.2. The van der Waals surface area contributed by atoms with E-state index in [0.29, 0.717) is 6.04 Å². The number of ether oxygens (including phenoxy) is 1. The minimum absolute atomic E-state index is 0.542. The van der Waals surface area contributed by atoms with Crippen LogP contribution in [0.3, 0.4) is 0 Å². The highest BCUT2D eigenvalue weighted by Crippen LogP contribution is 2.25. The molecular weight excluding hydrogens is 314 g/mol. The highest BCUT2D eigenvalue weighted by atomic mass is 79.9. The van der Waals surface area contributed by atoms with Crippen molar-refractivity contribution in [2.45, 2.75) is 58.4 Å². The van der Waals surface area contributed by atoms with Crippen molar-refractivity contribution in [2.24, 2.45) is 0 Å². The van der Waals surface area contributed by atoms with Gasteiger partial charge in [-0.1, -0.05) is 55.5 Å². The summed E-state index contributed by atoms with van der Waals surface area (Å²) < 4.78 is 6.59. The fourth-order valence-corrected chi connectivity index (χ4v) is 2.96. The first-order valence-corrected chi connectivity index (χ1v) is 8.56. The number of hydrogen-bond donors (Lipinski definition) is 1. The predicted molar refractivity (Wildman–Crippen MR) is 90.6 cm³/mol. The lowest BCUT2D eigenvalue weighted by molar-refractivity contribution is 0.401. The Labute approximate surface area is 132 Å². The molecule has 3 heteroatoms. The minimum atomic E-state index is 0.542. The molecule has 1 rings (SSSR count). The largest absolute Gasteiger partial charge is 0.496 e. The van der Waals surface area contributed by atoms with E-state index >= 15 is 0 Å². The maximum absolute atomic E-state index is 5.47. The number of halogens is 1. The molecule has 0 aromatic heterocycles. The van der Waals surface area contributed by atoms with Crippen LogP contribution in [0.5, 0.6) is 5.75 Å². The zero-order valence-corrected chi connectivity index (χ0v) is 14.6. The molecule has 0 amide bonds. The van der Waals surface area contributed by atoms with Crippen molar-refractivity contribution < 1.29 is 4.74 Å². The third kappa shape index (κ3) is 6.27. The second-order valence-electron chi connectivity index (χ2n) is 5.26. The molecule has 0 saturated heterocycles. The average molecular weight is 342 g/mol. The lowest BCUT2D eigenvalue weighted by atomic mass is 9.99. The van der Waals surface area contributed by atoms with Crippen molar-refractivity contribution in [3.05, 3.63) is 28.2 Å². The van der Waals surface area contributed by atoms with Crippen LogP contribution in [0.2, 0.25) is 0 Å². The standard InChI is InChI=1S/C17H28BrNO/c1-4-6-7-8-9-16(19-5-2)13-14-12-15(18)10-11-17(14)20-3/h10-12,16,19H,4-9,13H2,1-3H3. The Morgan fingerprint density at radius 3 is 2.65 bits per heavy atom.